The summed E-state index contributed by atoms with van der Waals surface area (Å²) >= 11 is 0. The van der Waals surface area contributed by atoms with E-state index in [2.05, 4.69) is 0 Å². The molecule has 0 saturated heterocycles. The van der Waals surface area contributed by atoms with Crippen LogP contribution < -0.4 is 11.5 Å². The molecule has 0 spiro atoms. The number of benzene rings is 1. The minimum atomic E-state index is -1.10. The zero-order chi connectivity index (χ0) is 12.3. The topological polar surface area (TPSA) is 106 Å². The van der Waals surface area contributed by atoms with Gasteiger partial charge >= 0.3 is 5.97 Å². The van der Waals surface area contributed by atoms with E-state index in [-0.39, 0.29) is 11.3 Å². The summed E-state index contributed by atoms with van der Waals surface area (Å²) in [5, 5.41) is 8.90. The van der Waals surface area contributed by atoms with Crippen LogP contribution in [-0.2, 0) is 4.79 Å². The molecular formula is C11H12N2O3. The smallest absolute Gasteiger partial charge is 0.337 e. The number of carboxylic acid groups (broad SMARTS) is 1. The number of carboxylic acids is 1. The van der Waals surface area contributed by atoms with E-state index in [9.17, 15) is 9.59 Å². The van der Waals surface area contributed by atoms with Gasteiger partial charge in [0.1, 0.15) is 0 Å². The number of primary amides is 1. The second kappa shape index (κ2) is 4.48. The maximum atomic E-state index is 10.9. The van der Waals surface area contributed by atoms with Gasteiger partial charge in [0.25, 0.3) is 0 Å². The summed E-state index contributed by atoms with van der Waals surface area (Å²) in [5.74, 6) is -1.72. The third-order valence-electron chi connectivity index (χ3n) is 2.01. The van der Waals surface area contributed by atoms with Gasteiger partial charge in [0.2, 0.25) is 5.91 Å². The number of carbonyl (C=O) groups is 2. The average molecular weight is 220 g/mol. The van der Waals surface area contributed by atoms with Crippen molar-refractivity contribution in [1.82, 2.24) is 0 Å². The molecule has 0 aromatic heterocycles. The van der Waals surface area contributed by atoms with E-state index in [4.69, 9.17) is 16.6 Å². The Morgan fingerprint density at radius 2 is 2.00 bits per heavy atom. The van der Waals surface area contributed by atoms with Crippen molar-refractivity contribution in [1.29, 1.82) is 0 Å². The first-order chi connectivity index (χ1) is 7.41. The van der Waals surface area contributed by atoms with Crippen LogP contribution in [0.2, 0.25) is 0 Å². The monoisotopic (exact) mass is 220 g/mol. The Morgan fingerprint density at radius 3 is 2.50 bits per heavy atom. The van der Waals surface area contributed by atoms with E-state index in [1.165, 1.54) is 12.1 Å². The molecule has 5 heteroatoms. The highest BCUT2D eigenvalue weighted by molar-refractivity contribution is 5.97. The maximum Gasteiger partial charge on any atom is 0.337 e. The number of hydrogen-bond acceptors (Lipinski definition) is 3. The molecule has 0 heterocycles. The van der Waals surface area contributed by atoms with Crippen molar-refractivity contribution >= 4 is 23.6 Å². The number of aryl methyl sites for hydroxylation is 1. The first-order valence-corrected chi connectivity index (χ1v) is 4.52. The van der Waals surface area contributed by atoms with Gasteiger partial charge in [-0.2, -0.15) is 0 Å². The van der Waals surface area contributed by atoms with Crippen LogP contribution in [0.1, 0.15) is 21.5 Å². The molecule has 16 heavy (non-hydrogen) atoms. The predicted octanol–water partition coefficient (Wildman–Crippen LogP) is 0.774. The van der Waals surface area contributed by atoms with Crippen LogP contribution in [0.25, 0.3) is 6.08 Å². The van der Waals surface area contributed by atoms with Crippen molar-refractivity contribution in [3.05, 3.63) is 34.9 Å². The van der Waals surface area contributed by atoms with E-state index in [1.807, 2.05) is 0 Å². The molecule has 84 valence electrons. The number of aromatic carboxylic acids is 1. The van der Waals surface area contributed by atoms with Gasteiger partial charge in [-0.3, -0.25) is 4.79 Å². The van der Waals surface area contributed by atoms with Crippen molar-refractivity contribution in [3.8, 4) is 0 Å². The SMILES string of the molecule is Cc1cc(C=CC(N)=O)c(N)c(C(=O)O)c1. The molecule has 0 atom stereocenters. The van der Waals surface area contributed by atoms with E-state index in [0.29, 0.717) is 5.56 Å². The Balaban J connectivity index is 3.29. The summed E-state index contributed by atoms with van der Waals surface area (Å²) < 4.78 is 0. The molecule has 5 N–H and O–H groups in total. The lowest BCUT2D eigenvalue weighted by atomic mass is 10.0. The van der Waals surface area contributed by atoms with Crippen molar-refractivity contribution in [2.24, 2.45) is 5.73 Å². The molecule has 0 aliphatic heterocycles. The molecule has 1 aromatic rings. The largest absolute Gasteiger partial charge is 0.478 e. The Morgan fingerprint density at radius 1 is 1.38 bits per heavy atom. The number of nitrogens with two attached hydrogens (primary N) is 2. The number of rotatable bonds is 3. The van der Waals surface area contributed by atoms with E-state index >= 15 is 0 Å². The average Bonchev–Trinajstić information content (AvgIpc) is 2.18. The zero-order valence-electron chi connectivity index (χ0n) is 8.73. The molecular weight excluding hydrogens is 208 g/mol. The predicted molar refractivity (Wildman–Crippen MR) is 60.8 cm³/mol. The minimum Gasteiger partial charge on any atom is -0.478 e. The van der Waals surface area contributed by atoms with E-state index < -0.39 is 11.9 Å². The van der Waals surface area contributed by atoms with Gasteiger partial charge in [0, 0.05) is 6.08 Å². The zero-order valence-corrected chi connectivity index (χ0v) is 8.73. The van der Waals surface area contributed by atoms with Gasteiger partial charge in [0.05, 0.1) is 11.3 Å². The van der Waals surface area contributed by atoms with Gasteiger partial charge in [-0.05, 0) is 36.3 Å². The Hall–Kier alpha value is -2.30. The normalized spacial score (nSPS) is 10.6. The van der Waals surface area contributed by atoms with Crippen molar-refractivity contribution in [2.75, 3.05) is 5.73 Å². The highest BCUT2D eigenvalue weighted by atomic mass is 16.4. The van der Waals surface area contributed by atoms with Gasteiger partial charge in [0.15, 0.2) is 0 Å². The van der Waals surface area contributed by atoms with Gasteiger partial charge < -0.3 is 16.6 Å². The lowest BCUT2D eigenvalue weighted by Gasteiger charge is -2.06. The lowest BCUT2D eigenvalue weighted by molar-refractivity contribution is -0.113. The second-order valence-electron chi connectivity index (χ2n) is 3.36. The lowest BCUT2D eigenvalue weighted by Crippen LogP contribution is -2.07. The molecule has 5 nitrogen and oxygen atoms in total. The number of anilines is 1. The summed E-state index contributed by atoms with van der Waals surface area (Å²) in [5.41, 5.74) is 12.0. The van der Waals surface area contributed by atoms with Crippen LogP contribution in [0.5, 0.6) is 0 Å². The number of amides is 1. The molecule has 0 aliphatic carbocycles. The second-order valence-corrected chi connectivity index (χ2v) is 3.36. The summed E-state index contributed by atoms with van der Waals surface area (Å²) in [6, 6.07) is 3.15. The number of carbonyl (C=O) groups excluding carboxylic acids is 1. The third-order valence-corrected chi connectivity index (χ3v) is 2.01. The van der Waals surface area contributed by atoms with Crippen LogP contribution >= 0.6 is 0 Å². The van der Waals surface area contributed by atoms with Crippen molar-refractivity contribution in [3.63, 3.8) is 0 Å². The fourth-order valence-electron chi connectivity index (χ4n) is 1.31. The van der Waals surface area contributed by atoms with Crippen LogP contribution in [0.15, 0.2) is 18.2 Å². The van der Waals surface area contributed by atoms with Crippen molar-refractivity contribution < 1.29 is 14.7 Å². The summed E-state index contributed by atoms with van der Waals surface area (Å²) in [4.78, 5) is 21.4. The van der Waals surface area contributed by atoms with Crippen molar-refractivity contribution in [2.45, 2.75) is 6.92 Å². The minimum absolute atomic E-state index is 0.0177. The van der Waals surface area contributed by atoms with Gasteiger partial charge in [-0.1, -0.05) is 0 Å². The molecule has 0 radical (unpaired) electrons. The maximum absolute atomic E-state index is 10.9. The van der Waals surface area contributed by atoms with Crippen LogP contribution in [0, 0.1) is 6.92 Å². The molecule has 0 saturated carbocycles. The Bertz CT molecular complexity index is 478. The first-order valence-electron chi connectivity index (χ1n) is 4.52. The highest BCUT2D eigenvalue weighted by Gasteiger charge is 2.11. The molecule has 0 fully saturated rings. The standard InChI is InChI=1S/C11H12N2O3/c1-6-4-7(2-3-9(12)14)10(13)8(5-6)11(15)16/h2-5H,13H2,1H3,(H2,12,14)(H,15,16). The fourth-order valence-corrected chi connectivity index (χ4v) is 1.31. The highest BCUT2D eigenvalue weighted by Crippen LogP contribution is 2.21. The Labute approximate surface area is 92.4 Å². The quantitative estimate of drug-likeness (QED) is 0.516. The van der Waals surface area contributed by atoms with Gasteiger partial charge in [-0.25, -0.2) is 4.79 Å². The Kier molecular flexibility index (Phi) is 3.30. The van der Waals surface area contributed by atoms with Crippen LogP contribution in [0.3, 0.4) is 0 Å². The third kappa shape index (κ3) is 2.60. The summed E-state index contributed by atoms with van der Waals surface area (Å²) in [7, 11) is 0. The molecule has 0 bridgehead atoms. The van der Waals surface area contributed by atoms with E-state index in [0.717, 1.165) is 11.6 Å². The van der Waals surface area contributed by atoms with Crippen LogP contribution in [-0.4, -0.2) is 17.0 Å². The molecule has 0 unspecified atom stereocenters. The molecule has 1 rings (SSSR count). The van der Waals surface area contributed by atoms with Crippen LogP contribution in [0.4, 0.5) is 5.69 Å². The molecule has 1 amide bonds. The summed E-state index contributed by atoms with van der Waals surface area (Å²) in [6.45, 7) is 1.74. The van der Waals surface area contributed by atoms with Gasteiger partial charge in [-0.15, -0.1) is 0 Å². The molecule has 0 aliphatic rings. The fraction of sp³-hybridized carbons (Fsp3) is 0.0909. The summed E-state index contributed by atoms with van der Waals surface area (Å²) in [6.07, 6.45) is 2.54. The molecule has 1 aromatic carbocycles. The number of nitrogen functional groups attached to an aromatic ring is 1. The first kappa shape index (κ1) is 11.8. The number of hydrogen-bond donors (Lipinski definition) is 3. The van der Waals surface area contributed by atoms with E-state index in [1.54, 1.807) is 13.0 Å².